The van der Waals surface area contributed by atoms with E-state index >= 15 is 0 Å². The molecule has 0 saturated heterocycles. The Bertz CT molecular complexity index is 97.6. The van der Waals surface area contributed by atoms with Crippen molar-refractivity contribution < 1.29 is 18.9 Å². The minimum absolute atomic E-state index is 0.157. The van der Waals surface area contributed by atoms with Crippen LogP contribution in [-0.4, -0.2) is 46.4 Å². The van der Waals surface area contributed by atoms with Gasteiger partial charge in [0.15, 0.2) is 6.29 Å². The van der Waals surface area contributed by atoms with E-state index in [-0.39, 0.29) is 6.29 Å². The van der Waals surface area contributed by atoms with Crippen molar-refractivity contribution in [1.29, 1.82) is 0 Å². The van der Waals surface area contributed by atoms with Crippen LogP contribution in [0.4, 0.5) is 0 Å². The van der Waals surface area contributed by atoms with Gasteiger partial charge in [-0.2, -0.15) is 0 Å². The van der Waals surface area contributed by atoms with E-state index in [0.717, 1.165) is 6.61 Å². The summed E-state index contributed by atoms with van der Waals surface area (Å²) in [6.07, 6.45) is -0.157. The fourth-order valence-electron chi connectivity index (χ4n) is 0.705. The van der Waals surface area contributed by atoms with Gasteiger partial charge < -0.3 is 18.9 Å². The quantitative estimate of drug-likeness (QED) is 0.404. The largest absolute Gasteiger partial charge is 0.379 e. The van der Waals surface area contributed by atoms with Gasteiger partial charge in [-0.1, -0.05) is 0 Å². The number of hydrogen-bond donors (Lipinski definition) is 0. The number of methoxy groups -OCH3 is 1. The molecule has 1 atom stereocenters. The molecule has 0 aromatic rings. The molecule has 0 fully saturated rings. The fraction of sp³-hybridized carbons (Fsp3) is 1.00. The van der Waals surface area contributed by atoms with E-state index in [1.165, 1.54) is 0 Å². The molecule has 0 N–H and O–H groups in total. The van der Waals surface area contributed by atoms with Gasteiger partial charge in [-0.05, 0) is 13.8 Å². The molecule has 13 heavy (non-hydrogen) atoms. The molecule has 0 bridgehead atoms. The molecule has 0 radical (unpaired) electrons. The Morgan fingerprint density at radius 3 is 2.23 bits per heavy atom. The molecule has 0 aromatic carbocycles. The zero-order chi connectivity index (χ0) is 9.94. The Kier molecular flexibility index (Phi) is 9.80. The van der Waals surface area contributed by atoms with E-state index in [0.29, 0.717) is 26.4 Å². The summed E-state index contributed by atoms with van der Waals surface area (Å²) < 4.78 is 20.4. The Balaban J connectivity index is 2.91. The third kappa shape index (κ3) is 9.76. The Morgan fingerprint density at radius 1 is 1.00 bits per heavy atom. The molecular weight excluding hydrogens is 172 g/mol. The lowest BCUT2D eigenvalue weighted by Crippen LogP contribution is -2.15. The van der Waals surface area contributed by atoms with E-state index in [2.05, 4.69) is 0 Å². The highest BCUT2D eigenvalue weighted by Crippen LogP contribution is 1.89. The molecule has 1 unspecified atom stereocenters. The second-order valence-corrected chi connectivity index (χ2v) is 2.48. The van der Waals surface area contributed by atoms with Crippen LogP contribution >= 0.6 is 0 Å². The SMILES string of the molecule is CCOCCOCCOC(C)OC. The zero-order valence-electron chi connectivity index (χ0n) is 8.75. The molecule has 4 nitrogen and oxygen atoms in total. The molecule has 0 rings (SSSR count). The minimum atomic E-state index is -0.157. The monoisotopic (exact) mass is 192 g/mol. The Morgan fingerprint density at radius 2 is 1.62 bits per heavy atom. The van der Waals surface area contributed by atoms with Crippen LogP contribution in [0.5, 0.6) is 0 Å². The van der Waals surface area contributed by atoms with Gasteiger partial charge in [-0.15, -0.1) is 0 Å². The summed E-state index contributed by atoms with van der Waals surface area (Å²) in [6.45, 7) is 6.96. The summed E-state index contributed by atoms with van der Waals surface area (Å²) in [5.74, 6) is 0. The van der Waals surface area contributed by atoms with Gasteiger partial charge in [0, 0.05) is 13.7 Å². The first-order chi connectivity index (χ1) is 6.31. The molecule has 0 heterocycles. The van der Waals surface area contributed by atoms with Crippen LogP contribution in [0.3, 0.4) is 0 Å². The van der Waals surface area contributed by atoms with Crippen LogP contribution in [0.15, 0.2) is 0 Å². The number of rotatable bonds is 9. The highest BCUT2D eigenvalue weighted by molar-refractivity contribution is 4.33. The van der Waals surface area contributed by atoms with Crippen LogP contribution < -0.4 is 0 Å². The maximum absolute atomic E-state index is 5.23. The van der Waals surface area contributed by atoms with Gasteiger partial charge in [0.2, 0.25) is 0 Å². The van der Waals surface area contributed by atoms with E-state index in [4.69, 9.17) is 18.9 Å². The van der Waals surface area contributed by atoms with Gasteiger partial charge in [0.1, 0.15) is 0 Å². The topological polar surface area (TPSA) is 36.9 Å². The van der Waals surface area contributed by atoms with Crippen molar-refractivity contribution in [3.8, 4) is 0 Å². The van der Waals surface area contributed by atoms with Crippen LogP contribution in [0.25, 0.3) is 0 Å². The van der Waals surface area contributed by atoms with E-state index < -0.39 is 0 Å². The van der Waals surface area contributed by atoms with Crippen molar-refractivity contribution in [2.75, 3.05) is 40.1 Å². The zero-order valence-corrected chi connectivity index (χ0v) is 8.75. The summed E-state index contributed by atoms with van der Waals surface area (Å²) in [5.41, 5.74) is 0. The van der Waals surface area contributed by atoms with Gasteiger partial charge in [0.05, 0.1) is 26.4 Å². The van der Waals surface area contributed by atoms with Crippen molar-refractivity contribution in [2.24, 2.45) is 0 Å². The molecule has 0 aromatic heterocycles. The normalized spacial score (nSPS) is 13.2. The van der Waals surface area contributed by atoms with Gasteiger partial charge in [-0.3, -0.25) is 0 Å². The first-order valence-electron chi connectivity index (χ1n) is 4.61. The highest BCUT2D eigenvalue weighted by atomic mass is 16.7. The van der Waals surface area contributed by atoms with Crippen LogP contribution in [0, 0.1) is 0 Å². The molecule has 80 valence electrons. The molecule has 4 heteroatoms. The van der Waals surface area contributed by atoms with Crippen molar-refractivity contribution in [1.82, 2.24) is 0 Å². The predicted octanol–water partition coefficient (Wildman–Crippen LogP) is 1.05. The standard InChI is InChI=1S/C9H20O4/c1-4-11-5-6-12-7-8-13-9(2)10-3/h9H,4-8H2,1-3H3. The second-order valence-electron chi connectivity index (χ2n) is 2.48. The molecule has 0 spiro atoms. The van der Waals surface area contributed by atoms with Crippen LogP contribution in [0.2, 0.25) is 0 Å². The molecule has 0 aliphatic carbocycles. The van der Waals surface area contributed by atoms with Crippen molar-refractivity contribution in [3.05, 3.63) is 0 Å². The lowest BCUT2D eigenvalue weighted by atomic mass is 10.7. The maximum atomic E-state index is 5.23. The van der Waals surface area contributed by atoms with E-state index in [1.807, 2.05) is 13.8 Å². The first-order valence-corrected chi connectivity index (χ1v) is 4.61. The van der Waals surface area contributed by atoms with Crippen molar-refractivity contribution in [2.45, 2.75) is 20.1 Å². The fourth-order valence-corrected chi connectivity index (χ4v) is 0.705. The lowest BCUT2D eigenvalue weighted by Gasteiger charge is -2.10. The van der Waals surface area contributed by atoms with Gasteiger partial charge in [-0.25, -0.2) is 0 Å². The van der Waals surface area contributed by atoms with Gasteiger partial charge in [0.25, 0.3) is 0 Å². The van der Waals surface area contributed by atoms with Crippen molar-refractivity contribution >= 4 is 0 Å². The maximum Gasteiger partial charge on any atom is 0.154 e. The summed E-state index contributed by atoms with van der Waals surface area (Å²) >= 11 is 0. The smallest absolute Gasteiger partial charge is 0.154 e. The lowest BCUT2D eigenvalue weighted by molar-refractivity contribution is -0.122. The average molecular weight is 192 g/mol. The molecule has 0 saturated carbocycles. The number of hydrogen-bond acceptors (Lipinski definition) is 4. The third-order valence-corrected chi connectivity index (χ3v) is 1.49. The van der Waals surface area contributed by atoms with Crippen LogP contribution in [-0.2, 0) is 18.9 Å². The summed E-state index contributed by atoms with van der Waals surface area (Å²) in [6, 6.07) is 0. The van der Waals surface area contributed by atoms with E-state index in [1.54, 1.807) is 7.11 Å². The van der Waals surface area contributed by atoms with E-state index in [9.17, 15) is 0 Å². The summed E-state index contributed by atoms with van der Waals surface area (Å²) in [4.78, 5) is 0. The molecular formula is C9H20O4. The third-order valence-electron chi connectivity index (χ3n) is 1.49. The van der Waals surface area contributed by atoms with Gasteiger partial charge >= 0.3 is 0 Å². The Hall–Kier alpha value is -0.160. The van der Waals surface area contributed by atoms with Crippen molar-refractivity contribution in [3.63, 3.8) is 0 Å². The second kappa shape index (κ2) is 9.92. The van der Waals surface area contributed by atoms with Crippen LogP contribution in [0.1, 0.15) is 13.8 Å². The minimum Gasteiger partial charge on any atom is -0.379 e. The molecule has 0 amide bonds. The highest BCUT2D eigenvalue weighted by Gasteiger charge is 1.97. The summed E-state index contributed by atoms with van der Waals surface area (Å²) in [5, 5.41) is 0. The molecule has 0 aliphatic heterocycles. The first kappa shape index (κ1) is 12.8. The predicted molar refractivity (Wildman–Crippen MR) is 49.7 cm³/mol. The number of ether oxygens (including phenoxy) is 4. The summed E-state index contributed by atoms with van der Waals surface area (Å²) in [7, 11) is 1.61. The Labute approximate surface area is 80.1 Å². The molecule has 0 aliphatic rings. The average Bonchev–Trinajstić information content (AvgIpc) is 2.16.